The van der Waals surface area contributed by atoms with Gasteiger partial charge in [-0.25, -0.2) is 5.43 Å². The van der Waals surface area contributed by atoms with E-state index in [-0.39, 0.29) is 11.6 Å². The molecule has 0 unspecified atom stereocenters. The maximum Gasteiger partial charge on any atom is 0.270 e. The molecule has 0 bridgehead atoms. The Bertz CT molecular complexity index is 1170. The lowest BCUT2D eigenvalue weighted by Crippen LogP contribution is -1.99. The monoisotopic (exact) mass is 347 g/mol. The Morgan fingerprint density at radius 2 is 2.08 bits per heavy atom. The summed E-state index contributed by atoms with van der Waals surface area (Å²) in [6.45, 7) is 2.01. The molecule has 4 aromatic rings. The molecule has 0 spiro atoms. The number of para-hydroxylation sites is 1. The molecule has 2 N–H and O–H groups in total. The van der Waals surface area contributed by atoms with Crippen LogP contribution in [0.15, 0.2) is 47.6 Å². The summed E-state index contributed by atoms with van der Waals surface area (Å²) < 4.78 is 0. The van der Waals surface area contributed by atoms with Gasteiger partial charge in [-0.15, -0.1) is 10.2 Å². The van der Waals surface area contributed by atoms with Crippen LogP contribution in [0.4, 0.5) is 11.6 Å². The number of non-ortho nitro benzene ring substituents is 1. The summed E-state index contributed by atoms with van der Waals surface area (Å²) in [4.78, 5) is 17.9. The molecular formula is C17H13N7O2. The molecule has 0 amide bonds. The van der Waals surface area contributed by atoms with E-state index in [2.05, 4.69) is 30.7 Å². The number of H-pyrrole nitrogens is 1. The van der Waals surface area contributed by atoms with E-state index in [0.717, 1.165) is 16.5 Å². The first-order chi connectivity index (χ1) is 12.6. The average molecular weight is 347 g/mol. The Kier molecular flexibility index (Phi) is 3.73. The van der Waals surface area contributed by atoms with E-state index in [1.54, 1.807) is 12.1 Å². The number of hydrogen-bond acceptors (Lipinski definition) is 7. The molecule has 0 saturated carbocycles. The number of benzene rings is 2. The first-order valence-corrected chi connectivity index (χ1v) is 7.77. The van der Waals surface area contributed by atoms with Gasteiger partial charge in [-0.2, -0.15) is 10.1 Å². The highest BCUT2D eigenvalue weighted by Crippen LogP contribution is 2.24. The van der Waals surface area contributed by atoms with Crippen molar-refractivity contribution in [2.45, 2.75) is 6.92 Å². The summed E-state index contributed by atoms with van der Waals surface area (Å²) in [7, 11) is 0. The quantitative estimate of drug-likeness (QED) is 0.332. The third-order valence-corrected chi connectivity index (χ3v) is 3.92. The van der Waals surface area contributed by atoms with E-state index in [0.29, 0.717) is 16.7 Å². The van der Waals surface area contributed by atoms with E-state index >= 15 is 0 Å². The van der Waals surface area contributed by atoms with Crippen LogP contribution in [0.3, 0.4) is 0 Å². The Morgan fingerprint density at radius 1 is 1.23 bits per heavy atom. The fraction of sp³-hybridized carbons (Fsp3) is 0.0588. The molecule has 2 heterocycles. The topological polar surface area (TPSA) is 122 Å². The lowest BCUT2D eigenvalue weighted by Gasteiger charge is -1.97. The second-order valence-corrected chi connectivity index (χ2v) is 5.68. The van der Waals surface area contributed by atoms with Gasteiger partial charge in [-0.3, -0.25) is 10.1 Å². The van der Waals surface area contributed by atoms with Gasteiger partial charge in [0.1, 0.15) is 5.52 Å². The van der Waals surface area contributed by atoms with Gasteiger partial charge in [-0.05, 0) is 12.5 Å². The Morgan fingerprint density at radius 3 is 2.92 bits per heavy atom. The average Bonchev–Trinajstić information content (AvgIpc) is 3.01. The summed E-state index contributed by atoms with van der Waals surface area (Å²) in [5, 5.41) is 24.0. The van der Waals surface area contributed by atoms with Crippen LogP contribution in [0.2, 0.25) is 0 Å². The molecule has 26 heavy (non-hydrogen) atoms. The minimum Gasteiger partial charge on any atom is -0.337 e. The number of hydrazone groups is 1. The highest BCUT2D eigenvalue weighted by atomic mass is 16.6. The fourth-order valence-corrected chi connectivity index (χ4v) is 2.67. The van der Waals surface area contributed by atoms with Crippen LogP contribution < -0.4 is 5.43 Å². The van der Waals surface area contributed by atoms with Crippen molar-refractivity contribution in [1.82, 2.24) is 20.2 Å². The molecule has 0 radical (unpaired) electrons. The van der Waals surface area contributed by atoms with Gasteiger partial charge in [0.05, 0.1) is 16.7 Å². The first-order valence-electron chi connectivity index (χ1n) is 7.77. The minimum absolute atomic E-state index is 0.00160. The zero-order valence-corrected chi connectivity index (χ0v) is 13.7. The molecule has 4 rings (SSSR count). The van der Waals surface area contributed by atoms with Crippen molar-refractivity contribution in [1.29, 1.82) is 0 Å². The maximum absolute atomic E-state index is 10.8. The second kappa shape index (κ2) is 6.20. The van der Waals surface area contributed by atoms with Crippen LogP contribution in [-0.2, 0) is 0 Å². The summed E-state index contributed by atoms with van der Waals surface area (Å²) in [5.41, 5.74) is 6.65. The molecule has 0 aliphatic rings. The van der Waals surface area contributed by atoms with Crippen molar-refractivity contribution in [3.63, 3.8) is 0 Å². The summed E-state index contributed by atoms with van der Waals surface area (Å²) in [6, 6.07) is 12.1. The number of rotatable bonds is 4. The molecule has 9 heteroatoms. The van der Waals surface area contributed by atoms with Crippen molar-refractivity contribution in [2.24, 2.45) is 5.10 Å². The number of aromatic nitrogens is 4. The minimum atomic E-state index is -0.455. The van der Waals surface area contributed by atoms with Crippen molar-refractivity contribution in [3.8, 4) is 0 Å². The number of nitrogens with zero attached hydrogens (tertiary/aromatic N) is 5. The lowest BCUT2D eigenvalue weighted by molar-refractivity contribution is -0.384. The van der Waals surface area contributed by atoms with Crippen molar-refractivity contribution >= 4 is 39.9 Å². The largest absolute Gasteiger partial charge is 0.337 e. The zero-order chi connectivity index (χ0) is 18.1. The lowest BCUT2D eigenvalue weighted by atomic mass is 10.1. The van der Waals surface area contributed by atoms with E-state index in [4.69, 9.17) is 0 Å². The Balaban J connectivity index is 1.59. The summed E-state index contributed by atoms with van der Waals surface area (Å²) in [5.74, 6) is 0.225. The van der Waals surface area contributed by atoms with Crippen LogP contribution in [0.5, 0.6) is 0 Å². The predicted molar refractivity (Wildman–Crippen MR) is 98.2 cm³/mol. The maximum atomic E-state index is 10.8. The molecular weight excluding hydrogens is 334 g/mol. The number of fused-ring (bicyclic) bond motifs is 3. The van der Waals surface area contributed by atoms with Crippen molar-refractivity contribution in [3.05, 3.63) is 63.7 Å². The summed E-state index contributed by atoms with van der Waals surface area (Å²) >= 11 is 0. The smallest absolute Gasteiger partial charge is 0.270 e. The highest BCUT2D eigenvalue weighted by Gasteiger charge is 2.10. The number of nitrogens with one attached hydrogen (secondary N) is 2. The second-order valence-electron chi connectivity index (χ2n) is 5.68. The van der Waals surface area contributed by atoms with E-state index < -0.39 is 4.92 Å². The SMILES string of the molecule is Cc1cccc2c1[nH]c1nc(N/N=C/c3cccc([N+](=O)[O-])c3)nnc12. The third kappa shape index (κ3) is 2.81. The van der Waals surface area contributed by atoms with E-state index in [1.165, 1.54) is 18.3 Å². The zero-order valence-electron chi connectivity index (χ0n) is 13.7. The van der Waals surface area contributed by atoms with Gasteiger partial charge in [0.25, 0.3) is 11.6 Å². The van der Waals surface area contributed by atoms with Gasteiger partial charge in [0.2, 0.25) is 0 Å². The normalized spacial score (nSPS) is 11.4. The van der Waals surface area contributed by atoms with Crippen molar-refractivity contribution < 1.29 is 4.92 Å². The third-order valence-electron chi connectivity index (χ3n) is 3.92. The standard InChI is InChI=1S/C17H13N7O2/c1-10-4-2-7-13-14(10)19-16-15(13)21-23-17(20-16)22-18-9-11-5-3-6-12(8-11)24(25)26/h2-9H,1H3,(H2,19,20,22,23)/b18-9+. The van der Waals surface area contributed by atoms with Gasteiger partial charge in [-0.1, -0.05) is 30.3 Å². The van der Waals surface area contributed by atoms with Crippen LogP contribution in [-0.4, -0.2) is 31.3 Å². The molecule has 0 saturated heterocycles. The van der Waals surface area contributed by atoms with Gasteiger partial charge in [0, 0.05) is 23.1 Å². The van der Waals surface area contributed by atoms with Crippen LogP contribution in [0.1, 0.15) is 11.1 Å². The number of nitro groups is 1. The molecule has 0 aliphatic heterocycles. The molecule has 0 fully saturated rings. The number of nitro benzene ring substituents is 1. The number of hydrogen-bond donors (Lipinski definition) is 2. The first kappa shape index (κ1) is 15.6. The van der Waals surface area contributed by atoms with Gasteiger partial charge in [0.15, 0.2) is 5.65 Å². The highest BCUT2D eigenvalue weighted by molar-refractivity contribution is 6.04. The molecule has 128 valence electrons. The van der Waals surface area contributed by atoms with Crippen LogP contribution >= 0.6 is 0 Å². The molecule has 0 aliphatic carbocycles. The number of aryl methyl sites for hydroxylation is 1. The van der Waals surface area contributed by atoms with Crippen LogP contribution in [0, 0.1) is 17.0 Å². The molecule has 9 nitrogen and oxygen atoms in total. The Labute approximate surface area is 146 Å². The molecule has 2 aromatic heterocycles. The predicted octanol–water partition coefficient (Wildman–Crippen LogP) is 3.17. The number of anilines is 1. The molecule has 2 aromatic carbocycles. The van der Waals surface area contributed by atoms with E-state index in [9.17, 15) is 10.1 Å². The number of aromatic amines is 1. The summed E-state index contributed by atoms with van der Waals surface area (Å²) in [6.07, 6.45) is 1.45. The van der Waals surface area contributed by atoms with Gasteiger partial charge >= 0.3 is 0 Å². The van der Waals surface area contributed by atoms with Crippen LogP contribution in [0.25, 0.3) is 22.1 Å². The van der Waals surface area contributed by atoms with Crippen molar-refractivity contribution in [2.75, 3.05) is 5.43 Å². The molecule has 0 atom stereocenters. The van der Waals surface area contributed by atoms with E-state index in [1.807, 2.05) is 25.1 Å². The fourth-order valence-electron chi connectivity index (χ4n) is 2.67. The van der Waals surface area contributed by atoms with Gasteiger partial charge < -0.3 is 4.98 Å². The Hall–Kier alpha value is -3.88.